The van der Waals surface area contributed by atoms with Gasteiger partial charge in [-0.05, 0) is 109 Å². The molecule has 0 bridgehead atoms. The fourth-order valence-electron chi connectivity index (χ4n) is 4.90. The Morgan fingerprint density at radius 1 is 0.644 bits per heavy atom. The van der Waals surface area contributed by atoms with Crippen LogP contribution in [0.1, 0.15) is 27.8 Å². The Labute approximate surface area is 344 Å². The van der Waals surface area contributed by atoms with E-state index in [0.29, 0.717) is 29.0 Å². The Hall–Kier alpha value is -6.22. The van der Waals surface area contributed by atoms with Crippen molar-refractivity contribution in [3.05, 3.63) is 154 Å². The standard InChI is InChI=1S/C20H19N3O3S2.C19H13F4N3O3S2/c1-14-3-4-15(2)16(13-14)5-10-19(24)22-17-6-8-18(9-7-17)28(25,26)23-20-21-11-12-27-20;20-13-2-7-16(19(21,22)23)12(11-13)1-8-17(27)25-14-3-5-15(6-4-14)31(28,29)26-18-24-9-10-30-18/h3-13H,1-2H3,(H,21,23)(H,22,24);1-11H,(H,24,26)(H,25,27)/b10-5+;8-1+. The average molecular weight is 885 g/mol. The van der Waals surface area contributed by atoms with Crippen LogP contribution in [0.25, 0.3) is 12.2 Å². The van der Waals surface area contributed by atoms with E-state index in [-0.39, 0.29) is 26.5 Å². The number of thiazole rings is 2. The van der Waals surface area contributed by atoms with Crippen LogP contribution in [0.4, 0.5) is 39.2 Å². The first-order valence-corrected chi connectivity index (χ1v) is 21.6. The summed E-state index contributed by atoms with van der Waals surface area (Å²) in [6.45, 7) is 3.98. The van der Waals surface area contributed by atoms with E-state index in [1.165, 1.54) is 66.2 Å². The SMILES string of the molecule is Cc1ccc(C)c(/C=C/C(=O)Nc2ccc(S(=O)(=O)Nc3nccs3)cc2)c1.O=C(/C=C/c1cc(F)ccc1C(F)(F)F)Nc1ccc(S(=O)(=O)Nc2nccs2)cc1. The number of anilines is 4. The molecular formula is C39H32F4N6O6S4. The molecule has 0 aliphatic carbocycles. The number of aromatic nitrogens is 2. The van der Waals surface area contributed by atoms with Crippen LogP contribution in [-0.4, -0.2) is 38.6 Å². The lowest BCUT2D eigenvalue weighted by Crippen LogP contribution is -2.13. The molecule has 0 radical (unpaired) electrons. The molecule has 0 atom stereocenters. The summed E-state index contributed by atoms with van der Waals surface area (Å²) in [5, 5.41) is 8.88. The molecule has 2 heterocycles. The van der Waals surface area contributed by atoms with Gasteiger partial charge in [0.2, 0.25) is 11.8 Å². The molecule has 20 heteroatoms. The second-order valence-corrected chi connectivity index (χ2v) is 17.3. The molecule has 4 aromatic carbocycles. The lowest BCUT2D eigenvalue weighted by molar-refractivity contribution is -0.137. The second-order valence-electron chi connectivity index (χ2n) is 12.2. The fraction of sp³-hybridized carbons (Fsp3) is 0.0769. The average Bonchev–Trinajstić information content (AvgIpc) is 3.89. The van der Waals surface area contributed by atoms with Crippen molar-refractivity contribution >= 4 is 88.3 Å². The summed E-state index contributed by atoms with van der Waals surface area (Å²) in [6, 6.07) is 19.0. The number of alkyl halides is 3. The highest BCUT2D eigenvalue weighted by atomic mass is 32.2. The highest BCUT2D eigenvalue weighted by Gasteiger charge is 2.32. The molecule has 6 rings (SSSR count). The van der Waals surface area contributed by atoms with Crippen molar-refractivity contribution < 1.29 is 44.0 Å². The maximum Gasteiger partial charge on any atom is 0.416 e. The summed E-state index contributed by atoms with van der Waals surface area (Å²) in [5.74, 6) is -1.96. The number of carbonyl (C=O) groups is 2. The van der Waals surface area contributed by atoms with Crippen LogP contribution >= 0.6 is 22.7 Å². The van der Waals surface area contributed by atoms with Crippen LogP contribution in [0, 0.1) is 19.7 Å². The smallest absolute Gasteiger partial charge is 0.323 e. The van der Waals surface area contributed by atoms with E-state index in [0.717, 1.165) is 40.2 Å². The quantitative estimate of drug-likeness (QED) is 0.0696. The van der Waals surface area contributed by atoms with Gasteiger partial charge in [-0.2, -0.15) is 13.2 Å². The van der Waals surface area contributed by atoms with Crippen molar-refractivity contribution in [1.29, 1.82) is 0 Å². The number of nitrogens with one attached hydrogen (secondary N) is 4. The van der Waals surface area contributed by atoms with Crippen molar-refractivity contribution in [2.45, 2.75) is 29.8 Å². The molecule has 0 unspecified atom stereocenters. The molecule has 4 N–H and O–H groups in total. The Kier molecular flexibility index (Phi) is 14.2. The third-order valence-corrected chi connectivity index (χ3v) is 12.1. The molecule has 12 nitrogen and oxygen atoms in total. The molecule has 306 valence electrons. The van der Waals surface area contributed by atoms with Gasteiger partial charge in [0.15, 0.2) is 10.3 Å². The van der Waals surface area contributed by atoms with Gasteiger partial charge in [0.25, 0.3) is 20.0 Å². The molecular weight excluding hydrogens is 853 g/mol. The summed E-state index contributed by atoms with van der Waals surface area (Å²) in [5.41, 5.74) is 2.30. The number of nitrogens with zero attached hydrogens (tertiary/aromatic N) is 2. The second kappa shape index (κ2) is 19.0. The van der Waals surface area contributed by atoms with Gasteiger partial charge in [-0.1, -0.05) is 23.8 Å². The third-order valence-electron chi connectivity index (χ3n) is 7.75. The molecule has 0 spiro atoms. The van der Waals surface area contributed by atoms with Crippen molar-refractivity contribution in [2.24, 2.45) is 0 Å². The van der Waals surface area contributed by atoms with E-state index >= 15 is 0 Å². The maximum absolute atomic E-state index is 13.3. The normalized spacial score (nSPS) is 11.8. The Morgan fingerprint density at radius 3 is 1.56 bits per heavy atom. The number of rotatable bonds is 12. The molecule has 0 saturated carbocycles. The number of amides is 2. The molecule has 0 aliphatic heterocycles. The predicted octanol–water partition coefficient (Wildman–Crippen LogP) is 8.97. The lowest BCUT2D eigenvalue weighted by Gasteiger charge is -2.10. The van der Waals surface area contributed by atoms with Crippen LogP contribution in [0.15, 0.2) is 130 Å². The number of benzene rings is 4. The van der Waals surface area contributed by atoms with Gasteiger partial charge >= 0.3 is 6.18 Å². The van der Waals surface area contributed by atoms with E-state index < -0.39 is 49.1 Å². The molecule has 59 heavy (non-hydrogen) atoms. The zero-order valence-corrected chi connectivity index (χ0v) is 34.0. The first kappa shape index (κ1) is 43.9. The number of aryl methyl sites for hydroxylation is 2. The highest BCUT2D eigenvalue weighted by Crippen LogP contribution is 2.33. The Morgan fingerprint density at radius 2 is 1.12 bits per heavy atom. The van der Waals surface area contributed by atoms with Gasteiger partial charge in [-0.3, -0.25) is 19.0 Å². The van der Waals surface area contributed by atoms with Crippen molar-refractivity contribution in [1.82, 2.24) is 9.97 Å². The minimum Gasteiger partial charge on any atom is -0.323 e. The summed E-state index contributed by atoms with van der Waals surface area (Å²) in [4.78, 5) is 31.9. The van der Waals surface area contributed by atoms with Crippen LogP contribution in [0.3, 0.4) is 0 Å². The van der Waals surface area contributed by atoms with E-state index in [4.69, 9.17) is 0 Å². The largest absolute Gasteiger partial charge is 0.416 e. The fourth-order valence-corrected chi connectivity index (χ4v) is 8.48. The third kappa shape index (κ3) is 12.9. The number of hydrogen-bond donors (Lipinski definition) is 4. The van der Waals surface area contributed by atoms with Gasteiger partial charge in [-0.25, -0.2) is 31.2 Å². The van der Waals surface area contributed by atoms with Gasteiger partial charge in [-0.15, -0.1) is 22.7 Å². The number of halogens is 4. The zero-order chi connectivity index (χ0) is 42.8. The van der Waals surface area contributed by atoms with Gasteiger partial charge < -0.3 is 10.6 Å². The Balaban J connectivity index is 0.000000225. The zero-order valence-electron chi connectivity index (χ0n) is 30.7. The minimum atomic E-state index is -4.71. The summed E-state index contributed by atoms with van der Waals surface area (Å²) < 4.78 is 106. The van der Waals surface area contributed by atoms with E-state index in [2.05, 4.69) is 30.0 Å². The van der Waals surface area contributed by atoms with E-state index in [1.807, 2.05) is 32.0 Å². The first-order chi connectivity index (χ1) is 27.9. The molecule has 0 saturated heterocycles. The summed E-state index contributed by atoms with van der Waals surface area (Å²) in [6.07, 6.45) is 3.13. The number of sulfonamides is 2. The van der Waals surface area contributed by atoms with Gasteiger partial charge in [0.1, 0.15) is 5.82 Å². The molecule has 2 aromatic heterocycles. The number of hydrogen-bond acceptors (Lipinski definition) is 10. The van der Waals surface area contributed by atoms with Gasteiger partial charge in [0, 0.05) is 46.7 Å². The molecule has 0 aliphatic rings. The van der Waals surface area contributed by atoms with Crippen molar-refractivity contribution in [3.8, 4) is 0 Å². The lowest BCUT2D eigenvalue weighted by atomic mass is 10.1. The summed E-state index contributed by atoms with van der Waals surface area (Å²) >= 11 is 2.30. The molecule has 0 fully saturated rings. The van der Waals surface area contributed by atoms with Gasteiger partial charge in [0.05, 0.1) is 15.4 Å². The highest BCUT2D eigenvalue weighted by molar-refractivity contribution is 7.93. The molecule has 2 amide bonds. The Bertz CT molecular complexity index is 2690. The molecule has 6 aromatic rings. The minimum absolute atomic E-state index is 0.0779. The van der Waals surface area contributed by atoms with Crippen molar-refractivity contribution in [3.63, 3.8) is 0 Å². The van der Waals surface area contributed by atoms with E-state index in [9.17, 15) is 44.0 Å². The topological polar surface area (TPSA) is 176 Å². The predicted molar refractivity (Wildman–Crippen MR) is 221 cm³/mol. The first-order valence-electron chi connectivity index (χ1n) is 16.8. The van der Waals surface area contributed by atoms with Crippen LogP contribution < -0.4 is 20.1 Å². The van der Waals surface area contributed by atoms with Crippen LogP contribution in [0.5, 0.6) is 0 Å². The number of carbonyl (C=O) groups excluding carboxylic acids is 2. The van der Waals surface area contributed by atoms with Crippen LogP contribution in [-0.2, 0) is 35.8 Å². The summed E-state index contributed by atoms with van der Waals surface area (Å²) in [7, 11) is -7.58. The van der Waals surface area contributed by atoms with Crippen LogP contribution in [0.2, 0.25) is 0 Å². The monoisotopic (exact) mass is 884 g/mol. The van der Waals surface area contributed by atoms with Crippen molar-refractivity contribution in [2.75, 3.05) is 20.1 Å². The maximum atomic E-state index is 13.3. The van der Waals surface area contributed by atoms with E-state index in [1.54, 1.807) is 29.0 Å².